The summed E-state index contributed by atoms with van der Waals surface area (Å²) in [6, 6.07) is 0.544. The van der Waals surface area contributed by atoms with E-state index in [4.69, 9.17) is 0 Å². The second-order valence-corrected chi connectivity index (χ2v) is 13.2. The fraction of sp³-hybridized carbons (Fsp3) is 0.875. The van der Waals surface area contributed by atoms with E-state index in [2.05, 4.69) is 77.3 Å². The van der Waals surface area contributed by atoms with E-state index in [0.29, 0.717) is 27.5 Å². The normalized spacial score (nSPS) is 22.4. The highest BCUT2D eigenvalue weighted by atomic mass is 32.2. The lowest BCUT2D eigenvalue weighted by Gasteiger charge is -2.24. The summed E-state index contributed by atoms with van der Waals surface area (Å²) in [6.07, 6.45) is 0. The van der Waals surface area contributed by atoms with Crippen molar-refractivity contribution in [1.82, 2.24) is 0 Å². The fourth-order valence-electron chi connectivity index (χ4n) is 2.33. The molecule has 2 atom stereocenters. The van der Waals surface area contributed by atoms with Crippen molar-refractivity contribution in [3.05, 3.63) is 0 Å². The molecule has 0 radical (unpaired) electrons. The number of hydrogen-bond donors (Lipinski definition) is 0. The number of hydrogen-bond acceptors (Lipinski definition) is 6. The third kappa shape index (κ3) is 13.5. The van der Waals surface area contributed by atoms with Gasteiger partial charge in [0.25, 0.3) is 0 Å². The van der Waals surface area contributed by atoms with Crippen molar-refractivity contribution in [3.63, 3.8) is 0 Å². The minimum absolute atomic E-state index is 0. The number of thioether (sulfide) groups is 3. The Hall–Kier alpha value is 0.0600. The van der Waals surface area contributed by atoms with Crippen LogP contribution in [0.4, 0.5) is 0 Å². The van der Waals surface area contributed by atoms with E-state index in [9.17, 15) is 0 Å². The van der Waals surface area contributed by atoms with E-state index in [-0.39, 0.29) is 22.3 Å². The molecule has 3 nitrogen and oxygen atoms in total. The van der Waals surface area contributed by atoms with Gasteiger partial charge in [-0.1, -0.05) is 84.6 Å². The molecule has 3 aliphatic rings. The molecule has 3 heterocycles. The highest BCUT2D eigenvalue weighted by molar-refractivity contribution is 8.14. The maximum Gasteiger partial charge on any atom is 0.0730 e. The second kappa shape index (κ2) is 15.0. The van der Waals surface area contributed by atoms with Gasteiger partial charge in [-0.2, -0.15) is 0 Å². The van der Waals surface area contributed by atoms with Gasteiger partial charge in [0.2, 0.25) is 0 Å². The lowest BCUT2D eigenvalue weighted by atomic mass is 9.88. The van der Waals surface area contributed by atoms with Crippen molar-refractivity contribution in [2.75, 3.05) is 24.6 Å². The van der Waals surface area contributed by atoms with Gasteiger partial charge in [0.1, 0.15) is 0 Å². The lowest BCUT2D eigenvalue weighted by Crippen LogP contribution is -2.24. The summed E-state index contributed by atoms with van der Waals surface area (Å²) < 4.78 is 0. The van der Waals surface area contributed by atoms with Crippen LogP contribution in [0.25, 0.3) is 0 Å². The van der Waals surface area contributed by atoms with Crippen molar-refractivity contribution in [1.29, 1.82) is 0 Å². The molecule has 0 aromatic carbocycles. The molecule has 180 valence electrons. The molecule has 2 unspecified atom stereocenters. The topological polar surface area (TPSA) is 37.1 Å². The van der Waals surface area contributed by atoms with Crippen LogP contribution >= 0.6 is 35.3 Å². The molecule has 3 rings (SSSR count). The van der Waals surface area contributed by atoms with Crippen molar-refractivity contribution in [2.45, 2.75) is 95.9 Å². The standard InChI is InChI=1S/3C7H13NS.3CH4/c1-7(2,3)6-4-9-5-8-6;1-7(2,3)6-4-8-5-9-6;1-7(2,3)6-8-4-5-9-6;;;/h2*5-6H,4H2,1-3H3;4-5H2,1-3H3;3*1H4. The summed E-state index contributed by atoms with van der Waals surface area (Å²) in [7, 11) is 0. The minimum Gasteiger partial charge on any atom is -0.285 e. The first-order valence-corrected chi connectivity index (χ1v) is 12.7. The monoisotopic (exact) mass is 477 g/mol. The first-order valence-electron chi connectivity index (χ1n) is 9.76. The molecule has 0 aromatic rings. The van der Waals surface area contributed by atoms with Crippen molar-refractivity contribution >= 4 is 51.4 Å². The zero-order valence-corrected chi connectivity index (χ0v) is 21.2. The Morgan fingerprint density at radius 2 is 1.47 bits per heavy atom. The molecule has 0 fully saturated rings. The summed E-state index contributed by atoms with van der Waals surface area (Å²) in [5.74, 6) is 2.36. The molecule has 6 heteroatoms. The van der Waals surface area contributed by atoms with Crippen LogP contribution < -0.4 is 0 Å². The van der Waals surface area contributed by atoms with Gasteiger partial charge in [0, 0.05) is 28.7 Å². The van der Waals surface area contributed by atoms with Crippen LogP contribution in [0, 0.1) is 16.2 Å². The first-order chi connectivity index (χ1) is 12.3. The molecule has 30 heavy (non-hydrogen) atoms. The van der Waals surface area contributed by atoms with Crippen LogP contribution in [0.15, 0.2) is 15.0 Å². The van der Waals surface area contributed by atoms with Gasteiger partial charge < -0.3 is 0 Å². The molecule has 0 N–H and O–H groups in total. The van der Waals surface area contributed by atoms with E-state index in [1.807, 2.05) is 46.4 Å². The molecule has 0 saturated carbocycles. The summed E-state index contributed by atoms with van der Waals surface area (Å²) in [6.45, 7) is 22.2. The summed E-state index contributed by atoms with van der Waals surface area (Å²) in [5, 5.41) is 2.03. The fourth-order valence-corrected chi connectivity index (χ4v) is 5.31. The van der Waals surface area contributed by atoms with Gasteiger partial charge in [0.05, 0.1) is 28.7 Å². The molecular weight excluding hydrogens is 426 g/mol. The van der Waals surface area contributed by atoms with Gasteiger partial charge in [-0.25, -0.2) is 0 Å². The summed E-state index contributed by atoms with van der Waals surface area (Å²) >= 11 is 5.57. The lowest BCUT2D eigenvalue weighted by molar-refractivity contribution is 0.349. The maximum absolute atomic E-state index is 4.39. The Labute approximate surface area is 202 Å². The Balaban J connectivity index is -0.000000347. The zero-order valence-electron chi connectivity index (χ0n) is 18.7. The van der Waals surface area contributed by atoms with E-state index >= 15 is 0 Å². The highest BCUT2D eigenvalue weighted by Gasteiger charge is 2.26. The number of nitrogens with zero attached hydrogens (tertiary/aromatic N) is 3. The molecule has 0 aromatic heterocycles. The van der Waals surface area contributed by atoms with Crippen LogP contribution in [0.3, 0.4) is 0 Å². The molecular formula is C24H51N3S3. The molecule has 3 aliphatic heterocycles. The average Bonchev–Trinajstić information content (AvgIpc) is 3.28. The van der Waals surface area contributed by atoms with E-state index in [1.54, 1.807) is 0 Å². The Morgan fingerprint density at radius 3 is 1.67 bits per heavy atom. The van der Waals surface area contributed by atoms with Gasteiger partial charge in [0.15, 0.2) is 0 Å². The maximum atomic E-state index is 4.39. The van der Waals surface area contributed by atoms with E-state index in [1.165, 1.54) is 16.5 Å². The van der Waals surface area contributed by atoms with Gasteiger partial charge in [-0.15, -0.1) is 35.3 Å². The van der Waals surface area contributed by atoms with Crippen molar-refractivity contribution in [2.24, 2.45) is 31.2 Å². The number of aliphatic imine (C=N–C) groups is 3. The highest BCUT2D eigenvalue weighted by Crippen LogP contribution is 2.32. The Kier molecular flexibility index (Phi) is 17.3. The first kappa shape index (κ1) is 34.7. The second-order valence-electron chi connectivity index (χ2n) is 10.2. The number of rotatable bonds is 0. The largest absolute Gasteiger partial charge is 0.285 e. The van der Waals surface area contributed by atoms with Gasteiger partial charge in [-0.05, 0) is 10.8 Å². The Bertz CT molecular complexity index is 527. The minimum atomic E-state index is 0. The van der Waals surface area contributed by atoms with Crippen LogP contribution in [-0.4, -0.2) is 52.0 Å². The van der Waals surface area contributed by atoms with Crippen LogP contribution in [0.1, 0.15) is 84.6 Å². The van der Waals surface area contributed by atoms with Crippen LogP contribution in [0.2, 0.25) is 0 Å². The molecule has 0 aliphatic carbocycles. The summed E-state index contributed by atoms with van der Waals surface area (Å²) in [4.78, 5) is 12.9. The van der Waals surface area contributed by atoms with Crippen molar-refractivity contribution in [3.8, 4) is 0 Å². The van der Waals surface area contributed by atoms with E-state index < -0.39 is 0 Å². The van der Waals surface area contributed by atoms with Gasteiger partial charge in [-0.3, -0.25) is 15.0 Å². The third-order valence-corrected chi connectivity index (χ3v) is 7.97. The quantitative estimate of drug-likeness (QED) is 0.351. The van der Waals surface area contributed by atoms with Crippen molar-refractivity contribution < 1.29 is 0 Å². The molecule has 0 spiro atoms. The summed E-state index contributed by atoms with van der Waals surface area (Å²) in [5.41, 5.74) is 5.01. The van der Waals surface area contributed by atoms with Crippen LogP contribution in [0.5, 0.6) is 0 Å². The molecule has 0 amide bonds. The SMILES string of the molecule is C.C.C.CC(C)(C)C1=NCCS1.CC(C)(C)C1CN=CS1.CC(C)(C)C1CSC=N1. The third-order valence-electron chi connectivity index (χ3n) is 4.33. The molecule has 0 saturated heterocycles. The molecule has 0 bridgehead atoms. The van der Waals surface area contributed by atoms with Gasteiger partial charge >= 0.3 is 0 Å². The smallest absolute Gasteiger partial charge is 0.0730 e. The van der Waals surface area contributed by atoms with E-state index in [0.717, 1.165) is 13.1 Å². The zero-order chi connectivity index (χ0) is 20.7. The average molecular weight is 478 g/mol. The predicted molar refractivity (Wildman–Crippen MR) is 153 cm³/mol. The Morgan fingerprint density at radius 1 is 0.867 bits per heavy atom. The predicted octanol–water partition coefficient (Wildman–Crippen LogP) is 8.44. The van der Waals surface area contributed by atoms with Crippen LogP contribution in [-0.2, 0) is 0 Å².